The fourth-order valence-corrected chi connectivity index (χ4v) is 2.46. The second-order valence-electron chi connectivity index (χ2n) is 4.52. The average molecular weight is 324 g/mol. The molecule has 1 N–H and O–H groups in total. The lowest BCUT2D eigenvalue weighted by Crippen LogP contribution is -2.04. The number of aromatic nitrogens is 2. The molecule has 0 aliphatic heterocycles. The number of ether oxygens (including phenoxy) is 1. The molecule has 0 spiro atoms. The first-order chi connectivity index (χ1) is 9.02. The van der Waals surface area contributed by atoms with Gasteiger partial charge in [0.05, 0.1) is 10.2 Å². The van der Waals surface area contributed by atoms with Crippen molar-refractivity contribution in [1.82, 2.24) is 15.1 Å². The molecular formula is C14H18BrN3O. The Morgan fingerprint density at radius 3 is 2.63 bits per heavy atom. The fraction of sp³-hybridized carbons (Fsp3) is 0.357. The quantitative estimate of drug-likeness (QED) is 0.938. The van der Waals surface area contributed by atoms with Crippen LogP contribution in [-0.2, 0) is 13.6 Å². The number of benzene rings is 1. The monoisotopic (exact) mass is 323 g/mol. The maximum absolute atomic E-state index is 5.97. The first-order valence-electron chi connectivity index (χ1n) is 6.14. The third kappa shape index (κ3) is 2.98. The molecule has 0 aliphatic carbocycles. The van der Waals surface area contributed by atoms with Crippen molar-refractivity contribution < 1.29 is 4.74 Å². The van der Waals surface area contributed by atoms with Crippen LogP contribution in [0.5, 0.6) is 11.5 Å². The number of hydrogen-bond acceptors (Lipinski definition) is 3. The summed E-state index contributed by atoms with van der Waals surface area (Å²) in [4.78, 5) is 0. The van der Waals surface area contributed by atoms with Crippen molar-refractivity contribution in [3.8, 4) is 11.5 Å². The third-order valence-corrected chi connectivity index (χ3v) is 3.65. The molecule has 1 aromatic heterocycles. The highest BCUT2D eigenvalue weighted by atomic mass is 79.9. The predicted molar refractivity (Wildman–Crippen MR) is 79.7 cm³/mol. The average Bonchev–Trinajstić information content (AvgIpc) is 2.59. The van der Waals surface area contributed by atoms with Gasteiger partial charge in [-0.2, -0.15) is 5.10 Å². The highest BCUT2D eigenvalue weighted by Gasteiger charge is 2.13. The highest BCUT2D eigenvalue weighted by molar-refractivity contribution is 9.10. The van der Waals surface area contributed by atoms with Gasteiger partial charge in [-0.25, -0.2) is 0 Å². The first kappa shape index (κ1) is 14.1. The molecule has 1 aromatic carbocycles. The van der Waals surface area contributed by atoms with Gasteiger partial charge in [0.25, 0.3) is 0 Å². The van der Waals surface area contributed by atoms with Crippen molar-refractivity contribution in [2.45, 2.75) is 20.4 Å². The van der Waals surface area contributed by atoms with Crippen LogP contribution in [0.1, 0.15) is 17.0 Å². The zero-order valence-corrected chi connectivity index (χ0v) is 13.2. The molecule has 0 saturated heterocycles. The number of rotatable bonds is 4. The van der Waals surface area contributed by atoms with Gasteiger partial charge < -0.3 is 10.1 Å². The molecule has 0 radical (unpaired) electrons. The Hall–Kier alpha value is -1.33. The van der Waals surface area contributed by atoms with Gasteiger partial charge in [-0.1, -0.05) is 6.07 Å². The lowest BCUT2D eigenvalue weighted by Gasteiger charge is -2.09. The lowest BCUT2D eigenvalue weighted by molar-refractivity contribution is 0.471. The highest BCUT2D eigenvalue weighted by Crippen LogP contribution is 2.33. The molecule has 19 heavy (non-hydrogen) atoms. The summed E-state index contributed by atoms with van der Waals surface area (Å²) in [5, 5.41) is 7.48. The summed E-state index contributed by atoms with van der Waals surface area (Å²) >= 11 is 3.55. The molecule has 2 aromatic rings. The van der Waals surface area contributed by atoms with E-state index in [0.29, 0.717) is 0 Å². The Balaban J connectivity index is 2.28. The topological polar surface area (TPSA) is 39.1 Å². The standard InChI is InChI=1S/C14H18BrN3O/c1-9-14(10(2)18(4)17-9)19-13-6-5-11(8-16-3)7-12(13)15/h5-7,16H,8H2,1-4H3. The molecular weight excluding hydrogens is 306 g/mol. The number of halogens is 1. The maximum atomic E-state index is 5.97. The van der Waals surface area contributed by atoms with Crippen molar-refractivity contribution >= 4 is 15.9 Å². The lowest BCUT2D eigenvalue weighted by atomic mass is 10.2. The minimum absolute atomic E-state index is 0.805. The molecule has 0 saturated carbocycles. The van der Waals surface area contributed by atoms with Gasteiger partial charge in [0.1, 0.15) is 11.4 Å². The van der Waals surface area contributed by atoms with E-state index in [1.807, 2.05) is 38.7 Å². The van der Waals surface area contributed by atoms with E-state index in [0.717, 1.165) is 33.9 Å². The predicted octanol–water partition coefficient (Wildman–Crippen LogP) is 3.31. The SMILES string of the molecule is CNCc1ccc(Oc2c(C)nn(C)c2C)c(Br)c1. The Labute approximate surface area is 121 Å². The minimum Gasteiger partial charge on any atom is -0.452 e. The molecule has 5 heteroatoms. The van der Waals surface area contributed by atoms with Crippen LogP contribution in [-0.4, -0.2) is 16.8 Å². The van der Waals surface area contributed by atoms with E-state index in [2.05, 4.69) is 38.5 Å². The van der Waals surface area contributed by atoms with E-state index in [1.165, 1.54) is 5.56 Å². The molecule has 0 aliphatic rings. The van der Waals surface area contributed by atoms with Crippen LogP contribution in [0.4, 0.5) is 0 Å². The van der Waals surface area contributed by atoms with Crippen LogP contribution in [0.2, 0.25) is 0 Å². The summed E-state index contributed by atoms with van der Waals surface area (Å²) in [7, 11) is 3.85. The Kier molecular flexibility index (Phi) is 4.27. The Morgan fingerprint density at radius 1 is 1.37 bits per heavy atom. The molecule has 2 rings (SSSR count). The zero-order valence-electron chi connectivity index (χ0n) is 11.6. The van der Waals surface area contributed by atoms with E-state index in [4.69, 9.17) is 4.74 Å². The van der Waals surface area contributed by atoms with E-state index >= 15 is 0 Å². The van der Waals surface area contributed by atoms with Gasteiger partial charge in [-0.3, -0.25) is 4.68 Å². The van der Waals surface area contributed by atoms with Gasteiger partial charge in [0.2, 0.25) is 0 Å². The van der Waals surface area contributed by atoms with Crippen molar-refractivity contribution in [2.24, 2.45) is 7.05 Å². The summed E-state index contributed by atoms with van der Waals surface area (Å²) in [6.45, 7) is 4.79. The second kappa shape index (κ2) is 5.75. The molecule has 0 unspecified atom stereocenters. The number of aryl methyl sites for hydroxylation is 2. The normalized spacial score (nSPS) is 10.8. The largest absolute Gasteiger partial charge is 0.452 e. The molecule has 102 valence electrons. The third-order valence-electron chi connectivity index (χ3n) is 3.03. The second-order valence-corrected chi connectivity index (χ2v) is 5.38. The van der Waals surface area contributed by atoms with Gasteiger partial charge >= 0.3 is 0 Å². The molecule has 0 fully saturated rings. The van der Waals surface area contributed by atoms with Crippen molar-refractivity contribution in [3.63, 3.8) is 0 Å². The van der Waals surface area contributed by atoms with Crippen LogP contribution in [0, 0.1) is 13.8 Å². The van der Waals surface area contributed by atoms with E-state index in [9.17, 15) is 0 Å². The summed E-state index contributed by atoms with van der Waals surface area (Å²) in [6.07, 6.45) is 0. The van der Waals surface area contributed by atoms with Gasteiger partial charge in [0.15, 0.2) is 5.75 Å². The number of hydrogen-bond donors (Lipinski definition) is 1. The summed E-state index contributed by atoms with van der Waals surface area (Å²) in [5.74, 6) is 1.63. The van der Waals surface area contributed by atoms with Crippen LogP contribution in [0.15, 0.2) is 22.7 Å². The van der Waals surface area contributed by atoms with E-state index in [1.54, 1.807) is 0 Å². The molecule has 0 atom stereocenters. The first-order valence-corrected chi connectivity index (χ1v) is 6.93. The number of nitrogens with one attached hydrogen (secondary N) is 1. The number of nitrogens with zero attached hydrogens (tertiary/aromatic N) is 2. The maximum Gasteiger partial charge on any atom is 0.171 e. The van der Waals surface area contributed by atoms with Crippen LogP contribution in [0.3, 0.4) is 0 Å². The van der Waals surface area contributed by atoms with E-state index in [-0.39, 0.29) is 0 Å². The Morgan fingerprint density at radius 2 is 2.11 bits per heavy atom. The zero-order chi connectivity index (χ0) is 14.0. The van der Waals surface area contributed by atoms with Crippen molar-refractivity contribution in [2.75, 3.05) is 7.05 Å². The van der Waals surface area contributed by atoms with Crippen molar-refractivity contribution in [3.05, 3.63) is 39.6 Å². The summed E-state index contributed by atoms with van der Waals surface area (Å²) < 4.78 is 8.75. The summed E-state index contributed by atoms with van der Waals surface area (Å²) in [6, 6.07) is 6.09. The Bertz CT molecular complexity index is 593. The minimum atomic E-state index is 0.805. The molecule has 0 amide bonds. The fourth-order valence-electron chi connectivity index (χ4n) is 1.95. The molecule has 4 nitrogen and oxygen atoms in total. The van der Waals surface area contributed by atoms with Crippen LogP contribution < -0.4 is 10.1 Å². The molecule has 0 bridgehead atoms. The molecule has 1 heterocycles. The van der Waals surface area contributed by atoms with Crippen LogP contribution in [0.25, 0.3) is 0 Å². The van der Waals surface area contributed by atoms with Gasteiger partial charge in [-0.15, -0.1) is 0 Å². The van der Waals surface area contributed by atoms with E-state index < -0.39 is 0 Å². The van der Waals surface area contributed by atoms with Crippen molar-refractivity contribution in [1.29, 1.82) is 0 Å². The smallest absolute Gasteiger partial charge is 0.171 e. The summed E-state index contributed by atoms with van der Waals surface area (Å²) in [5.41, 5.74) is 3.12. The van der Waals surface area contributed by atoms with Crippen LogP contribution >= 0.6 is 15.9 Å². The van der Waals surface area contributed by atoms with Gasteiger partial charge in [-0.05, 0) is 54.5 Å². The van der Waals surface area contributed by atoms with Gasteiger partial charge in [0, 0.05) is 13.6 Å².